The molecule has 0 amide bonds. The highest BCUT2D eigenvalue weighted by molar-refractivity contribution is 5.86. The second-order valence-corrected chi connectivity index (χ2v) is 4.50. The maximum Gasteiger partial charge on any atom is 0.120 e. The molecule has 0 radical (unpaired) electrons. The highest BCUT2D eigenvalue weighted by Crippen LogP contribution is 2.28. The van der Waals surface area contributed by atoms with Gasteiger partial charge in [0.05, 0.1) is 6.61 Å². The maximum atomic E-state index is 5.57. The number of H-pyrrole nitrogens is 1. The quantitative estimate of drug-likeness (QED) is 0.832. The molecule has 0 spiro atoms. The van der Waals surface area contributed by atoms with Crippen molar-refractivity contribution in [2.75, 3.05) is 13.2 Å². The van der Waals surface area contributed by atoms with Crippen molar-refractivity contribution < 1.29 is 4.74 Å². The first-order chi connectivity index (χ1) is 8.38. The molecule has 1 aromatic heterocycles. The zero-order valence-corrected chi connectivity index (χ0v) is 10.2. The first-order valence-corrected chi connectivity index (χ1v) is 6.35. The highest BCUT2D eigenvalue weighted by atomic mass is 16.5. The summed E-state index contributed by atoms with van der Waals surface area (Å²) in [7, 11) is 0. The Morgan fingerprint density at radius 2 is 2.29 bits per heavy atom. The van der Waals surface area contributed by atoms with E-state index < -0.39 is 0 Å². The molecule has 1 aromatic carbocycles. The van der Waals surface area contributed by atoms with Crippen LogP contribution in [-0.2, 0) is 13.0 Å². The summed E-state index contributed by atoms with van der Waals surface area (Å²) in [6, 6.07) is 6.31. The molecule has 0 aliphatic carbocycles. The molecule has 2 aromatic rings. The zero-order chi connectivity index (χ0) is 11.7. The van der Waals surface area contributed by atoms with Gasteiger partial charge in [0.2, 0.25) is 0 Å². The molecule has 0 fully saturated rings. The number of hydrogen-bond donors (Lipinski definition) is 2. The van der Waals surface area contributed by atoms with E-state index in [1.165, 1.54) is 28.6 Å². The van der Waals surface area contributed by atoms with Crippen LogP contribution in [0.2, 0.25) is 0 Å². The fourth-order valence-corrected chi connectivity index (χ4v) is 2.56. The number of benzene rings is 1. The molecule has 3 rings (SSSR count). The van der Waals surface area contributed by atoms with E-state index in [9.17, 15) is 0 Å². The Morgan fingerprint density at radius 1 is 1.35 bits per heavy atom. The standard InChI is InChI=1S/C14H18N2O/c1-2-17-10-5-6-14-11(8-10)12-9-15-7-3-4-13(12)16-14/h5-6,8,15-16H,2-4,7,9H2,1H3. The minimum atomic E-state index is 0.719. The van der Waals surface area contributed by atoms with Crippen LogP contribution in [0, 0.1) is 0 Å². The fourth-order valence-electron chi connectivity index (χ4n) is 2.56. The van der Waals surface area contributed by atoms with Gasteiger partial charge in [-0.05, 0) is 50.1 Å². The molecule has 17 heavy (non-hydrogen) atoms. The Bertz CT molecular complexity index is 530. The number of aromatic amines is 1. The van der Waals surface area contributed by atoms with E-state index in [1.807, 2.05) is 13.0 Å². The van der Waals surface area contributed by atoms with Gasteiger partial charge in [-0.2, -0.15) is 0 Å². The molecule has 2 heterocycles. The van der Waals surface area contributed by atoms with Crippen molar-refractivity contribution in [1.82, 2.24) is 10.3 Å². The molecule has 1 aliphatic heterocycles. The van der Waals surface area contributed by atoms with Crippen LogP contribution in [0.1, 0.15) is 24.6 Å². The average molecular weight is 230 g/mol. The van der Waals surface area contributed by atoms with Crippen LogP contribution < -0.4 is 10.1 Å². The molecule has 3 heteroatoms. The van der Waals surface area contributed by atoms with Crippen LogP contribution in [-0.4, -0.2) is 18.1 Å². The molecule has 0 saturated carbocycles. The first kappa shape index (κ1) is 10.7. The van der Waals surface area contributed by atoms with Crippen LogP contribution in [0.3, 0.4) is 0 Å². The van der Waals surface area contributed by atoms with E-state index in [0.717, 1.165) is 31.9 Å². The van der Waals surface area contributed by atoms with Crippen molar-refractivity contribution in [2.24, 2.45) is 0 Å². The minimum absolute atomic E-state index is 0.719. The Kier molecular flexibility index (Phi) is 2.77. The molecule has 3 nitrogen and oxygen atoms in total. The number of nitrogens with one attached hydrogen (secondary N) is 2. The Labute approximate surface area is 101 Å². The number of fused-ring (bicyclic) bond motifs is 3. The summed E-state index contributed by atoms with van der Waals surface area (Å²) in [5.41, 5.74) is 4.03. The van der Waals surface area contributed by atoms with Gasteiger partial charge in [0.15, 0.2) is 0 Å². The summed E-state index contributed by atoms with van der Waals surface area (Å²) in [5, 5.41) is 4.78. The molecular weight excluding hydrogens is 212 g/mol. The third-order valence-electron chi connectivity index (χ3n) is 3.36. The second-order valence-electron chi connectivity index (χ2n) is 4.50. The lowest BCUT2D eigenvalue weighted by Gasteiger charge is -2.04. The largest absolute Gasteiger partial charge is 0.494 e. The minimum Gasteiger partial charge on any atom is -0.494 e. The lowest BCUT2D eigenvalue weighted by Crippen LogP contribution is -2.11. The monoisotopic (exact) mass is 230 g/mol. The molecule has 2 N–H and O–H groups in total. The van der Waals surface area contributed by atoms with Crippen LogP contribution in [0.5, 0.6) is 5.75 Å². The molecule has 0 unspecified atom stereocenters. The van der Waals surface area contributed by atoms with E-state index in [4.69, 9.17) is 4.74 Å². The van der Waals surface area contributed by atoms with E-state index in [-0.39, 0.29) is 0 Å². The van der Waals surface area contributed by atoms with E-state index in [1.54, 1.807) is 0 Å². The predicted octanol–water partition coefficient (Wildman–Crippen LogP) is 2.60. The molecular formula is C14H18N2O. The summed E-state index contributed by atoms with van der Waals surface area (Å²) in [6.45, 7) is 4.81. The van der Waals surface area contributed by atoms with Gasteiger partial charge in [-0.25, -0.2) is 0 Å². The van der Waals surface area contributed by atoms with E-state index in [2.05, 4.69) is 22.4 Å². The van der Waals surface area contributed by atoms with Gasteiger partial charge >= 0.3 is 0 Å². The Morgan fingerprint density at radius 3 is 3.18 bits per heavy atom. The summed E-state index contributed by atoms with van der Waals surface area (Å²) in [5.74, 6) is 0.964. The van der Waals surface area contributed by atoms with Crippen molar-refractivity contribution in [1.29, 1.82) is 0 Å². The third kappa shape index (κ3) is 1.91. The number of rotatable bonds is 2. The smallest absolute Gasteiger partial charge is 0.120 e. The molecule has 0 saturated heterocycles. The SMILES string of the molecule is CCOc1ccc2[nH]c3c(c2c1)CNCCC3. The van der Waals surface area contributed by atoms with Crippen LogP contribution >= 0.6 is 0 Å². The topological polar surface area (TPSA) is 37.0 Å². The van der Waals surface area contributed by atoms with Crippen molar-refractivity contribution in [3.05, 3.63) is 29.5 Å². The van der Waals surface area contributed by atoms with Crippen molar-refractivity contribution in [3.8, 4) is 5.75 Å². The van der Waals surface area contributed by atoms with Crippen LogP contribution in [0.25, 0.3) is 10.9 Å². The normalized spacial score (nSPS) is 15.6. The summed E-state index contributed by atoms with van der Waals surface area (Å²) < 4.78 is 5.57. The Balaban J connectivity index is 2.10. The summed E-state index contributed by atoms with van der Waals surface area (Å²) in [4.78, 5) is 3.53. The maximum absolute atomic E-state index is 5.57. The predicted molar refractivity (Wildman–Crippen MR) is 69.5 cm³/mol. The fraction of sp³-hybridized carbons (Fsp3) is 0.429. The van der Waals surface area contributed by atoms with Crippen molar-refractivity contribution in [3.63, 3.8) is 0 Å². The number of ether oxygens (including phenoxy) is 1. The van der Waals surface area contributed by atoms with E-state index >= 15 is 0 Å². The van der Waals surface area contributed by atoms with Crippen LogP contribution in [0.15, 0.2) is 18.2 Å². The average Bonchev–Trinajstić information content (AvgIpc) is 2.53. The van der Waals surface area contributed by atoms with Gasteiger partial charge in [0.25, 0.3) is 0 Å². The van der Waals surface area contributed by atoms with Gasteiger partial charge < -0.3 is 15.0 Å². The van der Waals surface area contributed by atoms with Crippen LogP contribution in [0.4, 0.5) is 0 Å². The van der Waals surface area contributed by atoms with Gasteiger partial charge in [0, 0.05) is 23.1 Å². The first-order valence-electron chi connectivity index (χ1n) is 6.35. The molecule has 90 valence electrons. The zero-order valence-electron chi connectivity index (χ0n) is 10.2. The third-order valence-corrected chi connectivity index (χ3v) is 3.36. The van der Waals surface area contributed by atoms with Gasteiger partial charge in [-0.1, -0.05) is 0 Å². The Hall–Kier alpha value is -1.48. The van der Waals surface area contributed by atoms with Gasteiger partial charge in [0.1, 0.15) is 5.75 Å². The number of hydrogen-bond acceptors (Lipinski definition) is 2. The van der Waals surface area contributed by atoms with Crippen molar-refractivity contribution >= 4 is 10.9 Å². The lowest BCUT2D eigenvalue weighted by molar-refractivity contribution is 0.340. The summed E-state index contributed by atoms with van der Waals surface area (Å²) >= 11 is 0. The second kappa shape index (κ2) is 4.41. The summed E-state index contributed by atoms with van der Waals surface area (Å²) in [6.07, 6.45) is 2.35. The lowest BCUT2D eigenvalue weighted by atomic mass is 10.1. The number of aromatic nitrogens is 1. The molecule has 0 bridgehead atoms. The van der Waals surface area contributed by atoms with Gasteiger partial charge in [-0.15, -0.1) is 0 Å². The molecule has 0 atom stereocenters. The highest BCUT2D eigenvalue weighted by Gasteiger charge is 2.14. The van der Waals surface area contributed by atoms with Crippen molar-refractivity contribution in [2.45, 2.75) is 26.3 Å². The van der Waals surface area contributed by atoms with E-state index in [0.29, 0.717) is 0 Å². The molecule has 1 aliphatic rings. The van der Waals surface area contributed by atoms with Gasteiger partial charge in [-0.3, -0.25) is 0 Å². The number of aryl methyl sites for hydroxylation is 1.